The maximum absolute atomic E-state index is 11.7. The minimum atomic E-state index is -0.285. The fourth-order valence-electron chi connectivity index (χ4n) is 1.36. The highest BCUT2D eigenvalue weighted by atomic mass is 35.5. The van der Waals surface area contributed by atoms with Crippen LogP contribution in [-0.2, 0) is 16.0 Å². The van der Waals surface area contributed by atoms with Crippen LogP contribution in [0.2, 0.25) is 5.02 Å². The van der Waals surface area contributed by atoms with Gasteiger partial charge in [-0.15, -0.1) is 0 Å². The van der Waals surface area contributed by atoms with Crippen LogP contribution < -0.4 is 0 Å². The van der Waals surface area contributed by atoms with Gasteiger partial charge >= 0.3 is 0 Å². The van der Waals surface area contributed by atoms with Gasteiger partial charge in [0.2, 0.25) is 0 Å². The predicted molar refractivity (Wildman–Crippen MR) is 70.6 cm³/mol. The normalized spacial score (nSPS) is 11.6. The maximum atomic E-state index is 11.7. The fourth-order valence-corrected chi connectivity index (χ4v) is 1.66. The first-order chi connectivity index (χ1) is 7.78. The Bertz CT molecular complexity index is 405. The van der Waals surface area contributed by atoms with E-state index in [1.807, 2.05) is 45.9 Å². The molecule has 17 heavy (non-hydrogen) atoms. The lowest BCUT2D eigenvalue weighted by Gasteiger charge is -2.18. The van der Waals surface area contributed by atoms with Gasteiger partial charge in [0.1, 0.15) is 6.61 Å². The fraction of sp³-hybridized carbons (Fsp3) is 0.500. The van der Waals surface area contributed by atoms with Gasteiger partial charge in [-0.3, -0.25) is 4.79 Å². The second kappa shape index (κ2) is 5.65. The van der Waals surface area contributed by atoms with E-state index >= 15 is 0 Å². The van der Waals surface area contributed by atoms with Crippen LogP contribution in [0.5, 0.6) is 0 Å². The summed E-state index contributed by atoms with van der Waals surface area (Å²) in [5.41, 5.74) is 1.67. The van der Waals surface area contributed by atoms with Crippen molar-refractivity contribution in [3.63, 3.8) is 0 Å². The smallest absolute Gasteiger partial charge is 0.162 e. The van der Waals surface area contributed by atoms with Crippen LogP contribution in [0, 0.1) is 6.92 Å². The average Bonchev–Trinajstić information content (AvgIpc) is 2.18. The van der Waals surface area contributed by atoms with E-state index in [0.717, 1.165) is 11.1 Å². The summed E-state index contributed by atoms with van der Waals surface area (Å²) in [6.07, 6.45) is 0.329. The third kappa shape index (κ3) is 5.33. The number of carbonyl (C=O) groups is 1. The van der Waals surface area contributed by atoms with Gasteiger partial charge in [0.15, 0.2) is 5.78 Å². The number of carbonyl (C=O) groups excluding carboxylic acids is 1. The summed E-state index contributed by atoms with van der Waals surface area (Å²) in [6, 6.07) is 5.72. The Morgan fingerprint density at radius 2 is 2.00 bits per heavy atom. The zero-order valence-corrected chi connectivity index (χ0v) is 11.6. The Morgan fingerprint density at radius 3 is 2.53 bits per heavy atom. The van der Waals surface area contributed by atoms with Crippen molar-refractivity contribution in [3.05, 3.63) is 34.3 Å². The molecule has 0 N–H and O–H groups in total. The van der Waals surface area contributed by atoms with E-state index in [1.165, 1.54) is 0 Å². The molecule has 0 spiro atoms. The lowest BCUT2D eigenvalue weighted by atomic mass is 10.1. The monoisotopic (exact) mass is 254 g/mol. The van der Waals surface area contributed by atoms with Gasteiger partial charge in [-0.1, -0.05) is 23.7 Å². The Labute approximate surface area is 108 Å². The third-order valence-corrected chi connectivity index (χ3v) is 2.61. The summed E-state index contributed by atoms with van der Waals surface area (Å²) in [7, 11) is 0. The minimum Gasteiger partial charge on any atom is -0.368 e. The van der Waals surface area contributed by atoms with Crippen LogP contribution in [0.3, 0.4) is 0 Å². The van der Waals surface area contributed by atoms with Crippen molar-refractivity contribution in [2.45, 2.75) is 39.7 Å². The molecule has 0 radical (unpaired) electrons. The van der Waals surface area contributed by atoms with Crippen LogP contribution in [0.4, 0.5) is 0 Å². The van der Waals surface area contributed by atoms with Crippen molar-refractivity contribution in [1.29, 1.82) is 0 Å². The van der Waals surface area contributed by atoms with E-state index < -0.39 is 0 Å². The number of aryl methyl sites for hydroxylation is 1. The number of halogens is 1. The molecule has 0 aliphatic carbocycles. The van der Waals surface area contributed by atoms with Gasteiger partial charge in [0.05, 0.1) is 5.60 Å². The van der Waals surface area contributed by atoms with E-state index in [9.17, 15) is 4.79 Å². The minimum absolute atomic E-state index is 0.0469. The second-order valence-electron chi connectivity index (χ2n) is 5.21. The maximum Gasteiger partial charge on any atom is 0.162 e. The standard InChI is InChI=1S/C14H19ClO2/c1-10-5-6-11(13(15)7-10)8-12(16)9-17-14(2,3)4/h5-7H,8-9H2,1-4H3. The lowest BCUT2D eigenvalue weighted by molar-refractivity contribution is -0.127. The summed E-state index contributed by atoms with van der Waals surface area (Å²) in [5, 5.41) is 0.647. The van der Waals surface area contributed by atoms with E-state index in [2.05, 4.69) is 0 Å². The quantitative estimate of drug-likeness (QED) is 0.821. The molecule has 0 fully saturated rings. The van der Waals surface area contributed by atoms with E-state index in [4.69, 9.17) is 16.3 Å². The molecule has 1 rings (SSSR count). The SMILES string of the molecule is Cc1ccc(CC(=O)COC(C)(C)C)c(Cl)c1. The summed E-state index contributed by atoms with van der Waals surface area (Å²) in [4.78, 5) is 11.7. The van der Waals surface area contributed by atoms with Gasteiger partial charge in [-0.05, 0) is 44.9 Å². The number of ketones is 1. The second-order valence-corrected chi connectivity index (χ2v) is 5.62. The van der Waals surface area contributed by atoms with Crippen LogP contribution >= 0.6 is 11.6 Å². The number of hydrogen-bond donors (Lipinski definition) is 0. The molecule has 0 atom stereocenters. The Hall–Kier alpha value is -0.860. The number of benzene rings is 1. The molecule has 0 saturated heterocycles. The molecular formula is C14H19ClO2. The van der Waals surface area contributed by atoms with E-state index in [1.54, 1.807) is 0 Å². The molecule has 0 bridgehead atoms. The molecule has 0 heterocycles. The summed E-state index contributed by atoms with van der Waals surface area (Å²) < 4.78 is 5.43. The lowest BCUT2D eigenvalue weighted by Crippen LogP contribution is -2.24. The number of rotatable bonds is 4. The molecule has 0 unspecified atom stereocenters. The molecule has 3 heteroatoms. The summed E-state index contributed by atoms with van der Waals surface area (Å²) in [5.74, 6) is 0.0469. The molecule has 0 aromatic heterocycles. The number of hydrogen-bond acceptors (Lipinski definition) is 2. The van der Waals surface area contributed by atoms with Crippen molar-refractivity contribution in [1.82, 2.24) is 0 Å². The van der Waals surface area contributed by atoms with Gasteiger partial charge in [-0.2, -0.15) is 0 Å². The summed E-state index contributed by atoms with van der Waals surface area (Å²) >= 11 is 6.07. The van der Waals surface area contributed by atoms with Crippen LogP contribution in [0.25, 0.3) is 0 Å². The molecule has 0 saturated carbocycles. The van der Waals surface area contributed by atoms with Crippen LogP contribution in [0.15, 0.2) is 18.2 Å². The van der Waals surface area contributed by atoms with Gasteiger partial charge < -0.3 is 4.74 Å². The Balaban J connectivity index is 2.57. The zero-order chi connectivity index (χ0) is 13.1. The van der Waals surface area contributed by atoms with Gasteiger partial charge in [0.25, 0.3) is 0 Å². The Kier molecular flexibility index (Phi) is 4.72. The third-order valence-electron chi connectivity index (χ3n) is 2.26. The topological polar surface area (TPSA) is 26.3 Å². The van der Waals surface area contributed by atoms with Crippen LogP contribution in [0.1, 0.15) is 31.9 Å². The molecule has 0 amide bonds. The van der Waals surface area contributed by atoms with Crippen LogP contribution in [-0.4, -0.2) is 18.0 Å². The van der Waals surface area contributed by atoms with Crippen molar-refractivity contribution in [2.75, 3.05) is 6.61 Å². The molecular weight excluding hydrogens is 236 g/mol. The highest BCUT2D eigenvalue weighted by Crippen LogP contribution is 2.18. The van der Waals surface area contributed by atoms with E-state index in [-0.39, 0.29) is 18.0 Å². The van der Waals surface area contributed by atoms with E-state index in [0.29, 0.717) is 11.4 Å². The first kappa shape index (κ1) is 14.2. The van der Waals surface area contributed by atoms with Crippen molar-refractivity contribution in [3.8, 4) is 0 Å². The molecule has 1 aromatic carbocycles. The first-order valence-corrected chi connectivity index (χ1v) is 6.06. The number of Topliss-reactive ketones (excluding diaryl/α,β-unsaturated/α-hetero) is 1. The van der Waals surface area contributed by atoms with Gasteiger partial charge in [0, 0.05) is 11.4 Å². The van der Waals surface area contributed by atoms with Crippen molar-refractivity contribution >= 4 is 17.4 Å². The largest absolute Gasteiger partial charge is 0.368 e. The average molecular weight is 255 g/mol. The Morgan fingerprint density at radius 1 is 1.35 bits per heavy atom. The number of ether oxygens (including phenoxy) is 1. The zero-order valence-electron chi connectivity index (χ0n) is 10.8. The highest BCUT2D eigenvalue weighted by Gasteiger charge is 2.14. The highest BCUT2D eigenvalue weighted by molar-refractivity contribution is 6.31. The molecule has 1 aromatic rings. The molecule has 94 valence electrons. The summed E-state index contributed by atoms with van der Waals surface area (Å²) in [6.45, 7) is 7.89. The van der Waals surface area contributed by atoms with Crippen molar-refractivity contribution < 1.29 is 9.53 Å². The molecule has 0 aliphatic heterocycles. The molecule has 2 nitrogen and oxygen atoms in total. The van der Waals surface area contributed by atoms with Crippen molar-refractivity contribution in [2.24, 2.45) is 0 Å². The van der Waals surface area contributed by atoms with Gasteiger partial charge in [-0.25, -0.2) is 0 Å². The molecule has 0 aliphatic rings. The first-order valence-electron chi connectivity index (χ1n) is 5.68. The predicted octanol–water partition coefficient (Wildman–Crippen LogP) is 3.58.